The van der Waals surface area contributed by atoms with Crippen molar-refractivity contribution in [2.75, 3.05) is 24.6 Å². The van der Waals surface area contributed by atoms with Crippen LogP contribution in [-0.2, 0) is 10.0 Å². The molecule has 0 unspecified atom stereocenters. The van der Waals surface area contributed by atoms with Crippen LogP contribution in [0.15, 0.2) is 52.3 Å². The van der Waals surface area contributed by atoms with Gasteiger partial charge in [0.25, 0.3) is 0 Å². The molecule has 9 heteroatoms. The van der Waals surface area contributed by atoms with Crippen molar-refractivity contribution in [3.05, 3.63) is 53.2 Å². The maximum Gasteiger partial charge on any atom is 0.240 e. The average molecular weight is 410 g/mol. The quantitative estimate of drug-likeness (QED) is 0.598. The zero-order valence-corrected chi connectivity index (χ0v) is 16.3. The minimum absolute atomic E-state index is 0.156. The number of thiophene rings is 1. The van der Waals surface area contributed by atoms with E-state index in [1.165, 1.54) is 22.8 Å². The number of aromatic nitrogens is 1. The zero-order chi connectivity index (χ0) is 19.4. The normalized spacial score (nSPS) is 13.0. The Bertz CT molecular complexity index is 1020. The van der Waals surface area contributed by atoms with Gasteiger partial charge in [-0.05, 0) is 30.5 Å². The van der Waals surface area contributed by atoms with Crippen LogP contribution in [-0.4, -0.2) is 44.2 Å². The van der Waals surface area contributed by atoms with Gasteiger partial charge < -0.3 is 10.0 Å². The van der Waals surface area contributed by atoms with Crippen LogP contribution in [0.1, 0.15) is 6.92 Å². The summed E-state index contributed by atoms with van der Waals surface area (Å²) in [6.07, 6.45) is 3.28. The lowest BCUT2D eigenvalue weighted by atomic mass is 10.2. The van der Waals surface area contributed by atoms with Crippen LogP contribution in [0, 0.1) is 5.82 Å². The standard InChI is InChI=1S/C18H20FN3O3S2/c1-13(10-22(6-7-23)18-12-26-11-17(18)19)21-27(24,25)16-3-2-15-9-20-5-4-14(15)8-16/h2-5,8-9,11-13,21,23H,6-7,10H2,1H3/t13-/m1/s1. The van der Waals surface area contributed by atoms with Crippen LogP contribution in [0.25, 0.3) is 10.8 Å². The monoisotopic (exact) mass is 409 g/mol. The highest BCUT2D eigenvalue weighted by molar-refractivity contribution is 7.89. The van der Waals surface area contributed by atoms with Crippen molar-refractivity contribution in [2.24, 2.45) is 0 Å². The Balaban J connectivity index is 1.76. The van der Waals surface area contributed by atoms with E-state index in [9.17, 15) is 17.9 Å². The first kappa shape index (κ1) is 19.7. The molecule has 2 N–H and O–H groups in total. The lowest BCUT2D eigenvalue weighted by Crippen LogP contribution is -2.43. The van der Waals surface area contributed by atoms with Crippen molar-refractivity contribution in [2.45, 2.75) is 17.9 Å². The number of pyridine rings is 1. The van der Waals surface area contributed by atoms with Gasteiger partial charge in [-0.1, -0.05) is 6.07 Å². The summed E-state index contributed by atoms with van der Waals surface area (Å²) >= 11 is 1.22. The second-order valence-electron chi connectivity index (χ2n) is 6.18. The van der Waals surface area contributed by atoms with Crippen LogP contribution in [0.5, 0.6) is 0 Å². The van der Waals surface area contributed by atoms with E-state index in [1.807, 2.05) is 0 Å². The molecule has 3 rings (SSSR count). The molecule has 0 saturated heterocycles. The molecule has 0 fully saturated rings. The third-order valence-corrected chi connectivity index (χ3v) is 6.37. The summed E-state index contributed by atoms with van der Waals surface area (Å²) in [6.45, 7) is 1.98. The van der Waals surface area contributed by atoms with Crippen LogP contribution < -0.4 is 9.62 Å². The summed E-state index contributed by atoms with van der Waals surface area (Å²) in [7, 11) is -3.74. The molecule has 0 spiro atoms. The summed E-state index contributed by atoms with van der Waals surface area (Å²) in [5, 5.41) is 13.9. The average Bonchev–Trinajstić information content (AvgIpc) is 3.06. The van der Waals surface area contributed by atoms with E-state index in [0.29, 0.717) is 5.69 Å². The van der Waals surface area contributed by atoms with E-state index in [0.717, 1.165) is 10.8 Å². The van der Waals surface area contributed by atoms with Crippen LogP contribution >= 0.6 is 11.3 Å². The number of anilines is 1. The van der Waals surface area contributed by atoms with E-state index in [1.54, 1.807) is 47.8 Å². The molecule has 0 aliphatic rings. The van der Waals surface area contributed by atoms with Crippen molar-refractivity contribution < 1.29 is 17.9 Å². The largest absolute Gasteiger partial charge is 0.395 e. The molecular weight excluding hydrogens is 389 g/mol. The number of nitrogens with zero attached hydrogens (tertiary/aromatic N) is 2. The Kier molecular flexibility index (Phi) is 6.05. The Morgan fingerprint density at radius 2 is 2.11 bits per heavy atom. The molecule has 1 atom stereocenters. The number of fused-ring (bicyclic) bond motifs is 1. The Hall–Kier alpha value is -2.07. The molecular formula is C18H20FN3O3S2. The van der Waals surface area contributed by atoms with Gasteiger partial charge in [0.2, 0.25) is 10.0 Å². The number of hydrogen-bond donors (Lipinski definition) is 2. The smallest absolute Gasteiger partial charge is 0.240 e. The molecule has 0 amide bonds. The molecule has 0 aliphatic carbocycles. The third kappa shape index (κ3) is 4.62. The van der Waals surface area contributed by atoms with Crippen molar-refractivity contribution in [1.29, 1.82) is 0 Å². The van der Waals surface area contributed by atoms with Gasteiger partial charge in [0.05, 0.1) is 17.2 Å². The second kappa shape index (κ2) is 8.30. The maximum atomic E-state index is 13.9. The zero-order valence-electron chi connectivity index (χ0n) is 14.7. The highest BCUT2D eigenvalue weighted by Gasteiger charge is 2.21. The van der Waals surface area contributed by atoms with Gasteiger partial charge >= 0.3 is 0 Å². The highest BCUT2D eigenvalue weighted by Crippen LogP contribution is 2.24. The van der Waals surface area contributed by atoms with E-state index in [4.69, 9.17) is 0 Å². The molecule has 0 saturated carbocycles. The minimum Gasteiger partial charge on any atom is -0.395 e. The summed E-state index contributed by atoms with van der Waals surface area (Å²) in [5.74, 6) is -0.383. The number of benzene rings is 1. The fraction of sp³-hybridized carbons (Fsp3) is 0.278. The Morgan fingerprint density at radius 1 is 1.30 bits per heavy atom. The van der Waals surface area contributed by atoms with Crippen molar-refractivity contribution in [3.63, 3.8) is 0 Å². The van der Waals surface area contributed by atoms with Crippen molar-refractivity contribution >= 4 is 37.8 Å². The number of sulfonamides is 1. The van der Waals surface area contributed by atoms with E-state index < -0.39 is 16.1 Å². The van der Waals surface area contributed by atoms with Gasteiger partial charge in [0, 0.05) is 47.7 Å². The number of aliphatic hydroxyl groups is 1. The fourth-order valence-corrected chi connectivity index (χ4v) is 4.83. The van der Waals surface area contributed by atoms with Gasteiger partial charge in [0.15, 0.2) is 5.82 Å². The van der Waals surface area contributed by atoms with Gasteiger partial charge in [-0.3, -0.25) is 4.98 Å². The van der Waals surface area contributed by atoms with Gasteiger partial charge in [-0.25, -0.2) is 17.5 Å². The first-order chi connectivity index (χ1) is 12.9. The molecule has 3 aromatic rings. The van der Waals surface area contributed by atoms with Crippen LogP contribution in [0.2, 0.25) is 0 Å². The molecule has 0 radical (unpaired) electrons. The van der Waals surface area contributed by atoms with Gasteiger partial charge in [0.1, 0.15) is 0 Å². The minimum atomic E-state index is -3.74. The molecule has 0 bridgehead atoms. The molecule has 0 aliphatic heterocycles. The Morgan fingerprint density at radius 3 is 2.81 bits per heavy atom. The molecule has 2 aromatic heterocycles. The molecule has 144 valence electrons. The lowest BCUT2D eigenvalue weighted by Gasteiger charge is -2.26. The first-order valence-corrected chi connectivity index (χ1v) is 10.8. The summed E-state index contributed by atoms with van der Waals surface area (Å²) in [5.41, 5.74) is 0.360. The molecule has 6 nitrogen and oxygen atoms in total. The lowest BCUT2D eigenvalue weighted by molar-refractivity contribution is 0.300. The summed E-state index contributed by atoms with van der Waals surface area (Å²) in [4.78, 5) is 5.80. The number of rotatable bonds is 8. The molecule has 2 heterocycles. The van der Waals surface area contributed by atoms with E-state index >= 15 is 0 Å². The number of hydrogen-bond acceptors (Lipinski definition) is 6. The van der Waals surface area contributed by atoms with E-state index in [2.05, 4.69) is 9.71 Å². The first-order valence-electron chi connectivity index (χ1n) is 8.34. The topological polar surface area (TPSA) is 82.5 Å². The Labute approximate surface area is 161 Å². The fourth-order valence-electron chi connectivity index (χ4n) is 2.86. The van der Waals surface area contributed by atoms with Crippen LogP contribution in [0.3, 0.4) is 0 Å². The second-order valence-corrected chi connectivity index (χ2v) is 8.64. The number of halogens is 1. The SMILES string of the molecule is C[C@H](CN(CCO)c1cscc1F)NS(=O)(=O)c1ccc2cnccc2c1. The third-order valence-electron chi connectivity index (χ3n) is 4.08. The molecule has 1 aromatic carbocycles. The predicted octanol–water partition coefficient (Wildman–Crippen LogP) is 2.60. The highest BCUT2D eigenvalue weighted by atomic mass is 32.2. The summed E-state index contributed by atoms with van der Waals surface area (Å²) < 4.78 is 41.9. The number of nitrogens with one attached hydrogen (secondary N) is 1. The number of aliphatic hydroxyl groups excluding tert-OH is 1. The van der Waals surface area contributed by atoms with Crippen molar-refractivity contribution in [1.82, 2.24) is 9.71 Å². The van der Waals surface area contributed by atoms with Crippen molar-refractivity contribution in [3.8, 4) is 0 Å². The van der Waals surface area contributed by atoms with Gasteiger partial charge in [-0.2, -0.15) is 0 Å². The maximum absolute atomic E-state index is 13.9. The van der Waals surface area contributed by atoms with Gasteiger partial charge in [-0.15, -0.1) is 11.3 Å². The molecule has 27 heavy (non-hydrogen) atoms. The van der Waals surface area contributed by atoms with Crippen LogP contribution in [0.4, 0.5) is 10.1 Å². The predicted molar refractivity (Wildman–Crippen MR) is 105 cm³/mol. The summed E-state index contributed by atoms with van der Waals surface area (Å²) in [6, 6.07) is 6.09. The van der Waals surface area contributed by atoms with E-state index in [-0.39, 0.29) is 30.4 Å².